The summed E-state index contributed by atoms with van der Waals surface area (Å²) in [4.78, 5) is 30.6. The summed E-state index contributed by atoms with van der Waals surface area (Å²) in [5.74, 6) is 0. The van der Waals surface area contributed by atoms with Gasteiger partial charge in [-0.2, -0.15) is 0 Å². The Balaban J connectivity index is 1.77. The Labute approximate surface area is 153 Å². The molecule has 0 spiro atoms. The Morgan fingerprint density at radius 2 is 1.26 bits per heavy atom. The van der Waals surface area contributed by atoms with Gasteiger partial charge in [0, 0.05) is 35.4 Å². The van der Waals surface area contributed by atoms with Gasteiger partial charge in [-0.3, -0.25) is 31.2 Å². The van der Waals surface area contributed by atoms with E-state index in [1.165, 1.54) is 36.4 Å². The van der Waals surface area contributed by atoms with Gasteiger partial charge >= 0.3 is 0 Å². The molecule has 27 heavy (non-hydrogen) atoms. The normalized spacial score (nSPS) is 10.1. The minimum atomic E-state index is -0.510. The molecule has 0 aliphatic rings. The van der Waals surface area contributed by atoms with Gasteiger partial charge in [0.05, 0.1) is 21.2 Å². The highest BCUT2D eigenvalue weighted by Crippen LogP contribution is 2.18. The Morgan fingerprint density at radius 1 is 0.852 bits per heavy atom. The number of benzene rings is 2. The van der Waals surface area contributed by atoms with Gasteiger partial charge in [-0.1, -0.05) is 37.4 Å². The maximum atomic E-state index is 10.8. The molecule has 140 valence electrons. The lowest BCUT2D eigenvalue weighted by Gasteiger charge is -2.12. The van der Waals surface area contributed by atoms with Crippen LogP contribution in [0.25, 0.3) is 11.4 Å². The van der Waals surface area contributed by atoms with Crippen LogP contribution in [0.1, 0.15) is 11.1 Å². The van der Waals surface area contributed by atoms with Crippen LogP contribution in [-0.2, 0) is 9.68 Å². The van der Waals surface area contributed by atoms with Gasteiger partial charge < -0.3 is 0 Å². The van der Waals surface area contributed by atoms with Gasteiger partial charge in [0.15, 0.2) is 6.79 Å². The van der Waals surface area contributed by atoms with Crippen LogP contribution in [0.5, 0.6) is 0 Å². The van der Waals surface area contributed by atoms with E-state index in [9.17, 15) is 20.2 Å². The van der Waals surface area contributed by atoms with Crippen molar-refractivity contribution in [1.29, 1.82) is 0 Å². The van der Waals surface area contributed by atoms with Gasteiger partial charge in [-0.05, 0) is 0 Å². The Bertz CT molecular complexity index is 812. The summed E-state index contributed by atoms with van der Waals surface area (Å²) < 4.78 is 0. The van der Waals surface area contributed by atoms with Crippen LogP contribution < -0.4 is 11.0 Å². The van der Waals surface area contributed by atoms with Crippen LogP contribution in [0.3, 0.4) is 0 Å². The van der Waals surface area contributed by atoms with Crippen molar-refractivity contribution in [3.63, 3.8) is 0 Å². The van der Waals surface area contributed by atoms with Crippen molar-refractivity contribution in [1.82, 2.24) is 11.0 Å². The maximum absolute atomic E-state index is 10.8. The van der Waals surface area contributed by atoms with Crippen molar-refractivity contribution in [2.75, 3.05) is 6.79 Å². The monoisotopic (exact) mass is 372 g/mol. The van der Waals surface area contributed by atoms with Gasteiger partial charge in [0.25, 0.3) is 11.4 Å². The molecule has 0 saturated carbocycles. The van der Waals surface area contributed by atoms with E-state index < -0.39 is 9.85 Å². The van der Waals surface area contributed by atoms with E-state index >= 15 is 0 Å². The van der Waals surface area contributed by atoms with E-state index in [2.05, 4.69) is 24.1 Å². The molecular formula is C17H16N4O6. The van der Waals surface area contributed by atoms with E-state index in [1.807, 2.05) is 0 Å². The smallest absolute Gasteiger partial charge is 0.264 e. The van der Waals surface area contributed by atoms with Gasteiger partial charge in [-0.15, -0.1) is 0 Å². The molecule has 2 N–H and O–H groups in total. The number of hydrogen-bond donors (Lipinski definition) is 2. The summed E-state index contributed by atoms with van der Waals surface area (Å²) >= 11 is 0. The Hall–Kier alpha value is -3.76. The summed E-state index contributed by atoms with van der Waals surface area (Å²) in [5, 5.41) is 21.5. The first-order chi connectivity index (χ1) is 12.9. The summed E-state index contributed by atoms with van der Waals surface area (Å²) in [6, 6.07) is 11.8. The molecule has 0 radical (unpaired) electrons. The fraction of sp³-hybridized carbons (Fsp3) is 0.0588. The third kappa shape index (κ3) is 5.63. The predicted octanol–water partition coefficient (Wildman–Crippen LogP) is 3.14. The summed E-state index contributed by atoms with van der Waals surface area (Å²) in [6.07, 6.45) is 0. The van der Waals surface area contributed by atoms with Gasteiger partial charge in [0.1, 0.15) is 0 Å². The van der Waals surface area contributed by atoms with Gasteiger partial charge in [0.2, 0.25) is 0 Å². The quantitative estimate of drug-likeness (QED) is 0.282. The van der Waals surface area contributed by atoms with Crippen LogP contribution in [0.4, 0.5) is 11.4 Å². The number of nitro groups is 2. The lowest BCUT2D eigenvalue weighted by molar-refractivity contribution is -0.385. The van der Waals surface area contributed by atoms with E-state index in [0.29, 0.717) is 22.5 Å². The molecule has 0 aliphatic carbocycles. The first kappa shape index (κ1) is 19.6. The van der Waals surface area contributed by atoms with Crippen molar-refractivity contribution in [2.24, 2.45) is 0 Å². The molecular weight excluding hydrogens is 356 g/mol. The van der Waals surface area contributed by atoms with E-state index in [1.54, 1.807) is 12.1 Å². The van der Waals surface area contributed by atoms with Crippen molar-refractivity contribution >= 4 is 22.8 Å². The second kappa shape index (κ2) is 9.08. The highest BCUT2D eigenvalue weighted by molar-refractivity contribution is 5.63. The van der Waals surface area contributed by atoms with Crippen LogP contribution in [0.15, 0.2) is 61.7 Å². The standard InChI is InChI=1S/C17H16N4O6/c1-12(14-5-3-7-16(9-14)20(22)23)18-26-11-27-19-13(2)15-6-4-8-17(10-15)21(24)25/h3-10,18-19H,1-2,11H2. The summed E-state index contributed by atoms with van der Waals surface area (Å²) in [5.41, 5.74) is 6.45. The number of hydroxylamine groups is 2. The number of nitro benzene ring substituents is 2. The Morgan fingerprint density at radius 3 is 1.63 bits per heavy atom. The molecule has 0 bridgehead atoms. The average molecular weight is 372 g/mol. The van der Waals surface area contributed by atoms with Crippen molar-refractivity contribution < 1.29 is 19.5 Å². The Kier molecular flexibility index (Phi) is 6.58. The number of nitrogens with one attached hydrogen (secondary N) is 2. The summed E-state index contributed by atoms with van der Waals surface area (Å²) in [7, 11) is 0. The first-order valence-corrected chi connectivity index (χ1v) is 7.51. The minimum absolute atomic E-state index is 0.0679. The number of non-ortho nitro benzene ring substituents is 2. The number of nitrogens with zero attached hydrogens (tertiary/aromatic N) is 2. The van der Waals surface area contributed by atoms with Crippen molar-refractivity contribution in [2.45, 2.75) is 0 Å². The number of rotatable bonds is 10. The highest BCUT2D eigenvalue weighted by atomic mass is 16.8. The molecule has 2 rings (SSSR count). The second-order valence-electron chi connectivity index (χ2n) is 5.18. The zero-order valence-corrected chi connectivity index (χ0v) is 14.1. The van der Waals surface area contributed by atoms with Crippen molar-refractivity contribution in [3.8, 4) is 0 Å². The molecule has 0 heterocycles. The number of hydrogen-bond acceptors (Lipinski definition) is 8. The van der Waals surface area contributed by atoms with E-state index in [-0.39, 0.29) is 18.2 Å². The molecule has 2 aromatic rings. The highest BCUT2D eigenvalue weighted by Gasteiger charge is 2.09. The van der Waals surface area contributed by atoms with Gasteiger partial charge in [-0.25, -0.2) is 9.68 Å². The fourth-order valence-electron chi connectivity index (χ4n) is 1.99. The third-order valence-corrected chi connectivity index (χ3v) is 3.32. The molecule has 2 aromatic carbocycles. The van der Waals surface area contributed by atoms with Crippen LogP contribution >= 0.6 is 0 Å². The SMILES string of the molecule is C=C(NOCONC(=C)c1cccc([N+](=O)[O-])c1)c1cccc([N+](=O)[O-])c1. The second-order valence-corrected chi connectivity index (χ2v) is 5.18. The zero-order valence-electron chi connectivity index (χ0n) is 14.1. The first-order valence-electron chi connectivity index (χ1n) is 7.51. The molecule has 0 unspecified atom stereocenters. The van der Waals surface area contributed by atoms with Crippen LogP contribution in [0, 0.1) is 20.2 Å². The molecule has 10 heteroatoms. The molecule has 0 aromatic heterocycles. The molecule has 0 atom stereocenters. The minimum Gasteiger partial charge on any atom is -0.264 e. The predicted molar refractivity (Wildman–Crippen MR) is 97.6 cm³/mol. The average Bonchev–Trinajstić information content (AvgIpc) is 2.67. The molecule has 0 amide bonds. The fourth-order valence-corrected chi connectivity index (χ4v) is 1.99. The van der Waals surface area contributed by atoms with E-state index in [0.717, 1.165) is 0 Å². The van der Waals surface area contributed by atoms with E-state index in [4.69, 9.17) is 9.68 Å². The maximum Gasteiger partial charge on any atom is 0.270 e. The van der Waals surface area contributed by atoms with Crippen LogP contribution in [-0.4, -0.2) is 16.6 Å². The molecule has 0 saturated heterocycles. The lowest BCUT2D eigenvalue weighted by Crippen LogP contribution is -2.20. The largest absolute Gasteiger partial charge is 0.270 e. The molecule has 10 nitrogen and oxygen atoms in total. The summed E-state index contributed by atoms with van der Waals surface area (Å²) in [6.45, 7) is 7.17. The van der Waals surface area contributed by atoms with Crippen LogP contribution in [0.2, 0.25) is 0 Å². The molecule has 0 fully saturated rings. The third-order valence-electron chi connectivity index (χ3n) is 3.32. The molecule has 0 aliphatic heterocycles. The topological polar surface area (TPSA) is 129 Å². The zero-order chi connectivity index (χ0) is 19.8. The lowest BCUT2D eigenvalue weighted by atomic mass is 10.1. The van der Waals surface area contributed by atoms with Crippen molar-refractivity contribution in [3.05, 3.63) is 93.0 Å².